The number of aromatic nitrogens is 4. The van der Waals surface area contributed by atoms with Gasteiger partial charge in [-0.2, -0.15) is 8.42 Å². The lowest BCUT2D eigenvalue weighted by atomic mass is 10.0. The van der Waals surface area contributed by atoms with Crippen LogP contribution in [0.1, 0.15) is 11.3 Å². The van der Waals surface area contributed by atoms with Gasteiger partial charge < -0.3 is 10.4 Å². The molecule has 1 fully saturated rings. The number of carbonyl (C=O) groups is 3. The molecule has 2 atom stereocenters. The maximum absolute atomic E-state index is 12.8. The average Bonchev–Trinajstić information content (AvgIpc) is 3.46. The zero-order valence-corrected chi connectivity index (χ0v) is 21.2. The van der Waals surface area contributed by atoms with Crippen molar-refractivity contribution >= 4 is 62.8 Å². The van der Waals surface area contributed by atoms with Crippen LogP contribution >= 0.6 is 34.9 Å². The number of hydrogen-bond donors (Lipinski definition) is 3. The van der Waals surface area contributed by atoms with Crippen LogP contribution in [0, 0.1) is 0 Å². The number of nitrogens with one attached hydrogen (secondary N) is 1. The fraction of sp³-hybridized carbons (Fsp3) is 0.444. The van der Waals surface area contributed by atoms with Crippen LogP contribution in [0.4, 0.5) is 0 Å². The quantitative estimate of drug-likeness (QED) is 0.191. The molecule has 2 aliphatic rings. The number of nitrogens with zero attached hydrogens (tertiary/aromatic N) is 5. The predicted octanol–water partition coefficient (Wildman–Crippen LogP) is 0.0859. The number of amides is 2. The highest BCUT2D eigenvalue weighted by atomic mass is 32.2. The number of hydrogen-bond acceptors (Lipinski definition) is 11. The van der Waals surface area contributed by atoms with Gasteiger partial charge in [-0.3, -0.25) is 19.0 Å². The number of carboxylic acid groups (broad SMARTS) is 1. The Hall–Kier alpha value is -2.47. The molecule has 0 saturated carbocycles. The molecule has 0 radical (unpaired) electrons. The van der Waals surface area contributed by atoms with Gasteiger partial charge in [-0.25, -0.2) is 9.48 Å². The zero-order chi connectivity index (χ0) is 25.2. The molecule has 2 amide bonds. The normalized spacial score (nSPS) is 19.9. The lowest BCUT2D eigenvalue weighted by molar-refractivity contribution is -0.150. The SMILES string of the molecule is O=C(Cc1cccs1)NC1C(=O)N2C(C(=O)O)=C(CSc3nnnn3CCCS(=O)(=O)O)CS[C@H]12. The maximum Gasteiger partial charge on any atom is 0.352 e. The monoisotopic (exact) mass is 560 g/mol. The Balaban J connectivity index is 1.39. The minimum atomic E-state index is -4.10. The van der Waals surface area contributed by atoms with Gasteiger partial charge in [-0.1, -0.05) is 17.8 Å². The van der Waals surface area contributed by atoms with E-state index in [-0.39, 0.29) is 36.7 Å². The second-order valence-electron chi connectivity index (χ2n) is 7.58. The minimum absolute atomic E-state index is 0.0971. The summed E-state index contributed by atoms with van der Waals surface area (Å²) in [7, 11) is -4.10. The molecule has 0 aromatic carbocycles. The first-order valence-corrected chi connectivity index (χ1v) is 14.7. The molecule has 0 bridgehead atoms. The van der Waals surface area contributed by atoms with Crippen molar-refractivity contribution < 1.29 is 32.5 Å². The fourth-order valence-electron chi connectivity index (χ4n) is 3.58. The molecule has 188 valence electrons. The van der Waals surface area contributed by atoms with Crippen molar-refractivity contribution in [2.75, 3.05) is 17.3 Å². The van der Waals surface area contributed by atoms with Gasteiger partial charge in [0.05, 0.1) is 12.2 Å². The van der Waals surface area contributed by atoms with Gasteiger partial charge in [-0.05, 0) is 33.9 Å². The molecule has 2 aromatic rings. The second-order valence-corrected chi connectivity index (χ2v) is 12.2. The van der Waals surface area contributed by atoms with Crippen molar-refractivity contribution in [3.63, 3.8) is 0 Å². The summed E-state index contributed by atoms with van der Waals surface area (Å²) in [5.74, 6) is -1.92. The molecule has 2 aliphatic heterocycles. The van der Waals surface area contributed by atoms with Crippen molar-refractivity contribution in [2.24, 2.45) is 0 Å². The van der Waals surface area contributed by atoms with Crippen LogP contribution in [0.2, 0.25) is 0 Å². The summed E-state index contributed by atoms with van der Waals surface area (Å²) in [6, 6.07) is 2.88. The minimum Gasteiger partial charge on any atom is -0.477 e. The molecule has 0 spiro atoms. The van der Waals surface area contributed by atoms with Gasteiger partial charge in [-0.15, -0.1) is 28.2 Å². The highest BCUT2D eigenvalue weighted by Crippen LogP contribution is 2.41. The first kappa shape index (κ1) is 25.6. The number of rotatable bonds is 11. The van der Waals surface area contributed by atoms with E-state index in [9.17, 15) is 27.9 Å². The van der Waals surface area contributed by atoms with E-state index in [4.69, 9.17) is 4.55 Å². The van der Waals surface area contributed by atoms with E-state index in [0.29, 0.717) is 16.5 Å². The van der Waals surface area contributed by atoms with E-state index in [0.717, 1.165) is 16.6 Å². The first-order valence-electron chi connectivity index (χ1n) is 10.2. The van der Waals surface area contributed by atoms with E-state index < -0.39 is 39.2 Å². The van der Waals surface area contributed by atoms with Gasteiger partial charge in [0.15, 0.2) is 0 Å². The molecule has 1 unspecified atom stereocenters. The Kier molecular flexibility index (Phi) is 7.80. The molecule has 13 nitrogen and oxygen atoms in total. The highest BCUT2D eigenvalue weighted by Gasteiger charge is 2.54. The van der Waals surface area contributed by atoms with Crippen LogP contribution in [-0.2, 0) is 37.5 Å². The van der Waals surface area contributed by atoms with E-state index >= 15 is 0 Å². The lowest BCUT2D eigenvalue weighted by Crippen LogP contribution is -2.70. The van der Waals surface area contributed by atoms with Crippen molar-refractivity contribution in [1.29, 1.82) is 0 Å². The largest absolute Gasteiger partial charge is 0.477 e. The lowest BCUT2D eigenvalue weighted by Gasteiger charge is -2.49. The fourth-order valence-corrected chi connectivity index (χ4v) is 7.16. The number of β-lactam (4-membered cyclic amide) rings is 1. The Morgan fingerprint density at radius 2 is 2.14 bits per heavy atom. The van der Waals surface area contributed by atoms with Crippen molar-refractivity contribution in [3.8, 4) is 0 Å². The third-order valence-corrected chi connectivity index (χ3v) is 9.19. The standard InChI is InChI=1S/C18H20N6O7S4/c25-12(7-11-3-1-5-32-11)19-13-15(26)24-14(17(27)28)10(8-33-16(13)24)9-34-18-20-21-22-23(18)4-2-6-35(29,30)31/h1,3,5,13,16H,2,4,6-9H2,(H,19,25)(H,27,28)(H,29,30,31)/t13?,16-/m1/s1. The number of thiophene rings is 1. The molecule has 3 N–H and O–H groups in total. The van der Waals surface area contributed by atoms with Crippen molar-refractivity contribution in [2.45, 2.75) is 36.0 Å². The van der Waals surface area contributed by atoms with Gasteiger partial charge >= 0.3 is 5.97 Å². The molecule has 0 aliphatic carbocycles. The molecule has 4 heterocycles. The summed E-state index contributed by atoms with van der Waals surface area (Å²) < 4.78 is 32.0. The number of thioether (sulfide) groups is 2. The predicted molar refractivity (Wildman–Crippen MR) is 127 cm³/mol. The molecule has 1 saturated heterocycles. The van der Waals surface area contributed by atoms with E-state index in [1.807, 2.05) is 17.5 Å². The van der Waals surface area contributed by atoms with Crippen LogP contribution in [0.5, 0.6) is 0 Å². The number of aryl methyl sites for hydroxylation is 1. The number of aliphatic carboxylic acids is 1. The van der Waals surface area contributed by atoms with Gasteiger partial charge in [0, 0.05) is 22.9 Å². The number of tetrazole rings is 1. The summed E-state index contributed by atoms with van der Waals surface area (Å²) in [6.45, 7) is 0.147. The van der Waals surface area contributed by atoms with Crippen LogP contribution in [0.3, 0.4) is 0 Å². The van der Waals surface area contributed by atoms with E-state index in [1.54, 1.807) is 0 Å². The number of carbonyl (C=O) groups excluding carboxylic acids is 2. The molecule has 35 heavy (non-hydrogen) atoms. The molecular formula is C18H20N6O7S4. The Labute approximate surface area is 212 Å². The van der Waals surface area contributed by atoms with Crippen molar-refractivity contribution in [1.82, 2.24) is 30.4 Å². The molecule has 4 rings (SSSR count). The number of carboxylic acids is 1. The molecule has 17 heteroatoms. The van der Waals surface area contributed by atoms with Crippen LogP contribution in [0.15, 0.2) is 33.9 Å². The summed E-state index contributed by atoms with van der Waals surface area (Å²) in [5, 5.41) is 25.4. The average molecular weight is 561 g/mol. The summed E-state index contributed by atoms with van der Waals surface area (Å²) in [4.78, 5) is 39.2. The Morgan fingerprint density at radius 1 is 1.34 bits per heavy atom. The molecule has 2 aromatic heterocycles. The third kappa shape index (κ3) is 6.03. The maximum atomic E-state index is 12.8. The first-order chi connectivity index (χ1) is 16.6. The van der Waals surface area contributed by atoms with E-state index in [2.05, 4.69) is 20.8 Å². The van der Waals surface area contributed by atoms with Crippen LogP contribution < -0.4 is 5.32 Å². The Bertz CT molecular complexity index is 1260. The smallest absolute Gasteiger partial charge is 0.352 e. The van der Waals surface area contributed by atoms with Gasteiger partial charge in [0.2, 0.25) is 11.1 Å². The van der Waals surface area contributed by atoms with Gasteiger partial charge in [0.25, 0.3) is 16.0 Å². The second kappa shape index (κ2) is 10.7. The van der Waals surface area contributed by atoms with Crippen LogP contribution in [0.25, 0.3) is 0 Å². The zero-order valence-electron chi connectivity index (χ0n) is 17.9. The highest BCUT2D eigenvalue weighted by molar-refractivity contribution is 8.01. The topological polar surface area (TPSA) is 185 Å². The third-order valence-electron chi connectivity index (χ3n) is 5.13. The summed E-state index contributed by atoms with van der Waals surface area (Å²) in [6.07, 6.45) is 0.251. The van der Waals surface area contributed by atoms with Gasteiger partial charge in [0.1, 0.15) is 17.1 Å². The van der Waals surface area contributed by atoms with Crippen LogP contribution in [-0.4, -0.2) is 89.6 Å². The Morgan fingerprint density at radius 3 is 2.83 bits per heavy atom. The summed E-state index contributed by atoms with van der Waals surface area (Å²) in [5.41, 5.74) is 0.397. The van der Waals surface area contributed by atoms with Crippen molar-refractivity contribution in [3.05, 3.63) is 33.7 Å². The van der Waals surface area contributed by atoms with E-state index in [1.165, 1.54) is 32.7 Å². The number of fused-ring (bicyclic) bond motifs is 1. The molecular weight excluding hydrogens is 541 g/mol. The summed E-state index contributed by atoms with van der Waals surface area (Å²) >= 11 is 3.96.